The van der Waals surface area contributed by atoms with E-state index in [0.717, 1.165) is 11.1 Å². The number of aromatic nitrogens is 1. The van der Waals surface area contributed by atoms with Gasteiger partial charge in [0.15, 0.2) is 0 Å². The predicted octanol–water partition coefficient (Wildman–Crippen LogP) is 2.99. The molecule has 0 spiro atoms. The molecule has 0 unspecified atom stereocenters. The Balaban J connectivity index is 2.50. The number of pyridine rings is 1. The first-order chi connectivity index (χ1) is 7.72. The lowest BCUT2D eigenvalue weighted by Gasteiger charge is -2.07. The normalized spacial score (nSPS) is 10.1. The summed E-state index contributed by atoms with van der Waals surface area (Å²) in [7, 11) is 1.58. The Hall–Kier alpha value is -1.74. The van der Waals surface area contributed by atoms with E-state index in [1.54, 1.807) is 25.6 Å². The minimum atomic E-state index is 0.559. The van der Waals surface area contributed by atoms with Gasteiger partial charge in [0.2, 0.25) is 0 Å². The van der Waals surface area contributed by atoms with Gasteiger partial charge < -0.3 is 10.5 Å². The van der Waals surface area contributed by atoms with Gasteiger partial charge in [-0.25, -0.2) is 0 Å². The summed E-state index contributed by atoms with van der Waals surface area (Å²) in [5.74, 6) is 0.646. The van der Waals surface area contributed by atoms with Gasteiger partial charge in [0, 0.05) is 23.6 Å². The van der Waals surface area contributed by atoms with E-state index >= 15 is 0 Å². The molecule has 2 aromatic rings. The molecule has 0 amide bonds. The van der Waals surface area contributed by atoms with E-state index in [0.29, 0.717) is 16.5 Å². The van der Waals surface area contributed by atoms with Gasteiger partial charge in [0.05, 0.1) is 12.1 Å². The maximum Gasteiger partial charge on any atom is 0.137 e. The van der Waals surface area contributed by atoms with Crippen molar-refractivity contribution in [3.63, 3.8) is 0 Å². The second-order valence-electron chi connectivity index (χ2n) is 3.31. The Labute approximate surface area is 98.8 Å². The zero-order valence-corrected chi connectivity index (χ0v) is 9.53. The summed E-state index contributed by atoms with van der Waals surface area (Å²) in [6.07, 6.45) is 3.37. The molecule has 2 N–H and O–H groups in total. The molecule has 0 saturated heterocycles. The largest absolute Gasteiger partial charge is 0.495 e. The predicted molar refractivity (Wildman–Crippen MR) is 65.6 cm³/mol. The molecule has 0 aliphatic rings. The van der Waals surface area contributed by atoms with Gasteiger partial charge in [-0.3, -0.25) is 4.98 Å². The summed E-state index contributed by atoms with van der Waals surface area (Å²) in [5, 5.41) is 0.559. The van der Waals surface area contributed by atoms with Gasteiger partial charge in [0.1, 0.15) is 5.75 Å². The first kappa shape index (κ1) is 10.8. The molecule has 0 atom stereocenters. The molecular formula is C12H11ClN2O. The molecule has 0 fully saturated rings. The Bertz CT molecular complexity index is 514. The van der Waals surface area contributed by atoms with E-state index in [4.69, 9.17) is 22.1 Å². The molecule has 0 saturated carbocycles. The number of halogens is 1. The third-order valence-corrected chi connectivity index (χ3v) is 2.61. The van der Waals surface area contributed by atoms with Gasteiger partial charge in [-0.05, 0) is 23.8 Å². The van der Waals surface area contributed by atoms with Crippen molar-refractivity contribution < 1.29 is 4.74 Å². The molecule has 0 aliphatic heterocycles. The van der Waals surface area contributed by atoms with Crippen LogP contribution in [-0.2, 0) is 0 Å². The molecule has 2 rings (SSSR count). The van der Waals surface area contributed by atoms with E-state index < -0.39 is 0 Å². The average Bonchev–Trinajstić information content (AvgIpc) is 2.29. The molecule has 3 nitrogen and oxygen atoms in total. The molecular weight excluding hydrogens is 224 g/mol. The lowest BCUT2D eigenvalue weighted by atomic mass is 10.1. The number of hydrogen-bond acceptors (Lipinski definition) is 3. The third-order valence-electron chi connectivity index (χ3n) is 2.32. The Morgan fingerprint density at radius 2 is 2.12 bits per heavy atom. The standard InChI is InChI=1S/C12H11ClN2O/c1-16-12-3-2-8(6-10(12)13)9-7-15-5-4-11(9)14/h2-7H,1H3,(H2,14,15). The van der Waals surface area contributed by atoms with Crippen molar-refractivity contribution in [2.45, 2.75) is 0 Å². The number of benzene rings is 1. The van der Waals surface area contributed by atoms with Crippen LogP contribution in [0.4, 0.5) is 5.69 Å². The second kappa shape index (κ2) is 4.41. The summed E-state index contributed by atoms with van der Waals surface area (Å²) in [6, 6.07) is 7.28. The summed E-state index contributed by atoms with van der Waals surface area (Å²) < 4.78 is 5.09. The fourth-order valence-electron chi connectivity index (χ4n) is 1.48. The first-order valence-corrected chi connectivity index (χ1v) is 5.13. The van der Waals surface area contributed by atoms with E-state index in [9.17, 15) is 0 Å². The van der Waals surface area contributed by atoms with E-state index in [2.05, 4.69) is 4.98 Å². The van der Waals surface area contributed by atoms with Crippen LogP contribution < -0.4 is 10.5 Å². The van der Waals surface area contributed by atoms with Gasteiger partial charge in [-0.1, -0.05) is 17.7 Å². The Morgan fingerprint density at radius 3 is 2.75 bits per heavy atom. The van der Waals surface area contributed by atoms with Crippen LogP contribution in [-0.4, -0.2) is 12.1 Å². The SMILES string of the molecule is COc1ccc(-c2cnccc2N)cc1Cl. The highest BCUT2D eigenvalue weighted by Gasteiger charge is 2.06. The number of nitrogens with two attached hydrogens (primary N) is 1. The van der Waals surface area contributed by atoms with Crippen LogP contribution in [0.3, 0.4) is 0 Å². The average molecular weight is 235 g/mol. The fraction of sp³-hybridized carbons (Fsp3) is 0.0833. The molecule has 0 bridgehead atoms. The highest BCUT2D eigenvalue weighted by Crippen LogP contribution is 2.31. The number of anilines is 1. The summed E-state index contributed by atoms with van der Waals surface area (Å²) in [6.45, 7) is 0. The van der Waals surface area contributed by atoms with Gasteiger partial charge in [-0.15, -0.1) is 0 Å². The zero-order chi connectivity index (χ0) is 11.5. The second-order valence-corrected chi connectivity index (χ2v) is 3.72. The number of methoxy groups -OCH3 is 1. The molecule has 1 aromatic heterocycles. The molecule has 4 heteroatoms. The number of rotatable bonds is 2. The fourth-order valence-corrected chi connectivity index (χ4v) is 1.74. The molecule has 16 heavy (non-hydrogen) atoms. The molecule has 0 radical (unpaired) electrons. The van der Waals surface area contributed by atoms with Crippen LogP contribution in [0.15, 0.2) is 36.7 Å². The van der Waals surface area contributed by atoms with Crippen molar-refractivity contribution in [1.82, 2.24) is 4.98 Å². The van der Waals surface area contributed by atoms with Crippen LogP contribution >= 0.6 is 11.6 Å². The highest BCUT2D eigenvalue weighted by molar-refractivity contribution is 6.32. The first-order valence-electron chi connectivity index (χ1n) is 4.76. The lowest BCUT2D eigenvalue weighted by Crippen LogP contribution is -1.91. The van der Waals surface area contributed by atoms with Crippen LogP contribution in [0.5, 0.6) is 5.75 Å². The van der Waals surface area contributed by atoms with Gasteiger partial charge in [0.25, 0.3) is 0 Å². The Kier molecular flexibility index (Phi) is 2.97. The Morgan fingerprint density at radius 1 is 1.31 bits per heavy atom. The van der Waals surface area contributed by atoms with Crippen LogP contribution in [0.25, 0.3) is 11.1 Å². The van der Waals surface area contributed by atoms with Crippen molar-refractivity contribution in [3.8, 4) is 16.9 Å². The van der Waals surface area contributed by atoms with Crippen molar-refractivity contribution in [1.29, 1.82) is 0 Å². The quantitative estimate of drug-likeness (QED) is 0.869. The topological polar surface area (TPSA) is 48.1 Å². The number of ether oxygens (including phenoxy) is 1. The van der Waals surface area contributed by atoms with Gasteiger partial charge in [-0.2, -0.15) is 0 Å². The van der Waals surface area contributed by atoms with Gasteiger partial charge >= 0.3 is 0 Å². The molecule has 1 aromatic carbocycles. The third kappa shape index (κ3) is 1.95. The number of nitrogens with zero attached hydrogens (tertiary/aromatic N) is 1. The minimum absolute atomic E-state index is 0.559. The minimum Gasteiger partial charge on any atom is -0.495 e. The zero-order valence-electron chi connectivity index (χ0n) is 8.77. The van der Waals surface area contributed by atoms with Crippen molar-refractivity contribution in [2.24, 2.45) is 0 Å². The van der Waals surface area contributed by atoms with Crippen LogP contribution in [0, 0.1) is 0 Å². The summed E-state index contributed by atoms with van der Waals surface area (Å²) in [5.41, 5.74) is 8.33. The maximum absolute atomic E-state index is 6.05. The highest BCUT2D eigenvalue weighted by atomic mass is 35.5. The molecule has 1 heterocycles. The monoisotopic (exact) mass is 234 g/mol. The number of nitrogen functional groups attached to an aromatic ring is 1. The van der Waals surface area contributed by atoms with Crippen molar-refractivity contribution in [2.75, 3.05) is 12.8 Å². The smallest absolute Gasteiger partial charge is 0.137 e. The van der Waals surface area contributed by atoms with Crippen molar-refractivity contribution in [3.05, 3.63) is 41.7 Å². The van der Waals surface area contributed by atoms with Crippen LogP contribution in [0.2, 0.25) is 5.02 Å². The maximum atomic E-state index is 6.05. The van der Waals surface area contributed by atoms with E-state index in [1.807, 2.05) is 18.2 Å². The summed E-state index contributed by atoms with van der Waals surface area (Å²) >= 11 is 6.05. The summed E-state index contributed by atoms with van der Waals surface area (Å²) in [4.78, 5) is 4.04. The molecule has 0 aliphatic carbocycles. The van der Waals surface area contributed by atoms with Crippen LogP contribution in [0.1, 0.15) is 0 Å². The van der Waals surface area contributed by atoms with E-state index in [-0.39, 0.29) is 0 Å². The molecule has 82 valence electrons. The number of hydrogen-bond donors (Lipinski definition) is 1. The van der Waals surface area contributed by atoms with Crippen molar-refractivity contribution >= 4 is 17.3 Å². The lowest BCUT2D eigenvalue weighted by molar-refractivity contribution is 0.415. The van der Waals surface area contributed by atoms with E-state index in [1.165, 1.54) is 0 Å².